The molecule has 23 heavy (non-hydrogen) atoms. The summed E-state index contributed by atoms with van der Waals surface area (Å²) in [6, 6.07) is 10.2. The molecule has 0 saturated carbocycles. The Hall–Kier alpha value is -2.49. The first-order valence-electron chi connectivity index (χ1n) is 6.99. The van der Waals surface area contributed by atoms with Gasteiger partial charge in [0.25, 0.3) is 0 Å². The molecule has 1 heterocycles. The lowest BCUT2D eigenvalue weighted by atomic mass is 10.1. The fourth-order valence-electron chi connectivity index (χ4n) is 1.89. The van der Waals surface area contributed by atoms with Gasteiger partial charge in [-0.1, -0.05) is 18.1 Å². The van der Waals surface area contributed by atoms with E-state index in [9.17, 15) is 9.90 Å². The summed E-state index contributed by atoms with van der Waals surface area (Å²) in [6.45, 7) is 1.93. The molecule has 0 radical (unpaired) electrons. The van der Waals surface area contributed by atoms with Crippen molar-refractivity contribution in [2.24, 2.45) is 0 Å². The quantitative estimate of drug-likeness (QED) is 0.713. The number of nitrogens with one attached hydrogen (secondary N) is 2. The van der Waals surface area contributed by atoms with E-state index in [1.54, 1.807) is 31.2 Å². The van der Waals surface area contributed by atoms with Crippen molar-refractivity contribution in [1.29, 1.82) is 0 Å². The van der Waals surface area contributed by atoms with Crippen LogP contribution in [0.2, 0.25) is 0 Å². The van der Waals surface area contributed by atoms with Gasteiger partial charge in [0.05, 0.1) is 6.54 Å². The molecule has 5 nitrogen and oxygen atoms in total. The lowest BCUT2D eigenvalue weighted by Gasteiger charge is -2.22. The molecule has 120 valence electrons. The van der Waals surface area contributed by atoms with Crippen LogP contribution in [0.5, 0.6) is 5.75 Å². The minimum absolute atomic E-state index is 0.104. The molecule has 1 aromatic carbocycles. The topological polar surface area (TPSA) is 70.6 Å². The van der Waals surface area contributed by atoms with Crippen LogP contribution in [0, 0.1) is 12.3 Å². The monoisotopic (exact) mass is 330 g/mol. The molecule has 0 aliphatic rings. The SMILES string of the molecule is C#CCOc1cccc(NC(=O)NCC(C)(O)c2cccs2)c1. The van der Waals surface area contributed by atoms with Crippen LogP contribution < -0.4 is 15.4 Å². The van der Waals surface area contributed by atoms with Gasteiger partial charge in [0, 0.05) is 16.6 Å². The van der Waals surface area contributed by atoms with E-state index in [4.69, 9.17) is 11.2 Å². The maximum absolute atomic E-state index is 12.0. The Bertz CT molecular complexity index is 690. The average molecular weight is 330 g/mol. The van der Waals surface area contributed by atoms with Crippen LogP contribution >= 0.6 is 11.3 Å². The number of ether oxygens (including phenoxy) is 1. The van der Waals surface area contributed by atoms with Crippen LogP contribution in [0.4, 0.5) is 10.5 Å². The molecule has 1 unspecified atom stereocenters. The van der Waals surface area contributed by atoms with Crippen molar-refractivity contribution >= 4 is 23.1 Å². The number of carbonyl (C=O) groups excluding carboxylic acids is 1. The van der Waals surface area contributed by atoms with Crippen molar-refractivity contribution < 1.29 is 14.6 Å². The molecule has 0 fully saturated rings. The third-order valence-electron chi connectivity index (χ3n) is 3.06. The first-order valence-corrected chi connectivity index (χ1v) is 7.87. The molecule has 1 atom stereocenters. The second kappa shape index (κ2) is 7.68. The van der Waals surface area contributed by atoms with Crippen LogP contribution in [0.25, 0.3) is 0 Å². The fourth-order valence-corrected chi connectivity index (χ4v) is 2.68. The number of urea groups is 1. The highest BCUT2D eigenvalue weighted by Gasteiger charge is 2.24. The van der Waals surface area contributed by atoms with Crippen molar-refractivity contribution in [2.75, 3.05) is 18.5 Å². The number of hydrogen-bond donors (Lipinski definition) is 3. The molecular weight excluding hydrogens is 312 g/mol. The van der Waals surface area contributed by atoms with E-state index in [1.807, 2.05) is 17.5 Å². The summed E-state index contributed by atoms with van der Waals surface area (Å²) in [5, 5.41) is 17.6. The second-order valence-electron chi connectivity index (χ2n) is 5.08. The highest BCUT2D eigenvalue weighted by molar-refractivity contribution is 7.10. The predicted molar refractivity (Wildman–Crippen MR) is 91.7 cm³/mol. The van der Waals surface area contributed by atoms with Crippen molar-refractivity contribution in [1.82, 2.24) is 5.32 Å². The van der Waals surface area contributed by atoms with Gasteiger partial charge < -0.3 is 20.5 Å². The van der Waals surface area contributed by atoms with Gasteiger partial charge in [0.2, 0.25) is 0 Å². The Labute approximate surface area is 139 Å². The summed E-state index contributed by atoms with van der Waals surface area (Å²) >= 11 is 1.44. The highest BCUT2D eigenvalue weighted by atomic mass is 32.1. The number of hydrogen-bond acceptors (Lipinski definition) is 4. The first-order chi connectivity index (χ1) is 11.0. The molecule has 2 aromatic rings. The van der Waals surface area contributed by atoms with E-state index in [0.29, 0.717) is 11.4 Å². The average Bonchev–Trinajstić information content (AvgIpc) is 3.07. The predicted octanol–water partition coefficient (Wildman–Crippen LogP) is 2.79. The van der Waals surface area contributed by atoms with Gasteiger partial charge in [0.15, 0.2) is 0 Å². The van der Waals surface area contributed by atoms with E-state index >= 15 is 0 Å². The van der Waals surface area contributed by atoms with E-state index in [2.05, 4.69) is 16.6 Å². The van der Waals surface area contributed by atoms with E-state index in [0.717, 1.165) is 4.88 Å². The van der Waals surface area contributed by atoms with Crippen LogP contribution in [-0.2, 0) is 5.60 Å². The first kappa shape index (κ1) is 16.9. The zero-order valence-corrected chi connectivity index (χ0v) is 13.5. The minimum atomic E-state index is -1.11. The number of benzene rings is 1. The van der Waals surface area contributed by atoms with E-state index in [-0.39, 0.29) is 13.2 Å². The smallest absolute Gasteiger partial charge is 0.319 e. The standard InChI is InChI=1S/C17H18N2O3S/c1-3-9-22-14-7-4-6-13(11-14)19-16(20)18-12-17(2,21)15-8-5-10-23-15/h1,4-8,10-11,21H,9,12H2,2H3,(H2,18,19,20). The van der Waals surface area contributed by atoms with Crippen LogP contribution in [0.3, 0.4) is 0 Å². The molecule has 0 aliphatic carbocycles. The Morgan fingerprint density at radius 3 is 2.96 bits per heavy atom. The van der Waals surface area contributed by atoms with E-state index in [1.165, 1.54) is 11.3 Å². The number of amides is 2. The number of thiophene rings is 1. The third kappa shape index (κ3) is 5.02. The second-order valence-corrected chi connectivity index (χ2v) is 6.03. The Morgan fingerprint density at radius 2 is 2.26 bits per heavy atom. The van der Waals surface area contributed by atoms with Crippen LogP contribution in [0.1, 0.15) is 11.8 Å². The third-order valence-corrected chi connectivity index (χ3v) is 4.18. The molecule has 2 amide bonds. The normalized spacial score (nSPS) is 12.7. The van der Waals surface area contributed by atoms with Crippen molar-refractivity contribution in [3.05, 3.63) is 46.7 Å². The maximum Gasteiger partial charge on any atom is 0.319 e. The van der Waals surface area contributed by atoms with Crippen molar-refractivity contribution in [3.63, 3.8) is 0 Å². The van der Waals surface area contributed by atoms with Gasteiger partial charge in [0.1, 0.15) is 18.0 Å². The molecule has 3 N–H and O–H groups in total. The number of anilines is 1. The lowest BCUT2D eigenvalue weighted by Crippen LogP contribution is -2.40. The Kier molecular flexibility index (Phi) is 5.63. The fraction of sp³-hybridized carbons (Fsp3) is 0.235. The zero-order valence-electron chi connectivity index (χ0n) is 12.7. The van der Waals surface area contributed by atoms with Crippen LogP contribution in [-0.4, -0.2) is 24.3 Å². The van der Waals surface area contributed by atoms with E-state index < -0.39 is 11.6 Å². The van der Waals surface area contributed by atoms with Gasteiger partial charge >= 0.3 is 6.03 Å². The lowest BCUT2D eigenvalue weighted by molar-refractivity contribution is 0.0637. The molecule has 2 rings (SSSR count). The Balaban J connectivity index is 1.89. The molecular formula is C17H18N2O3S. The number of terminal acetylenes is 1. The molecule has 0 spiro atoms. The molecule has 0 bridgehead atoms. The molecule has 6 heteroatoms. The summed E-state index contributed by atoms with van der Waals surface area (Å²) in [4.78, 5) is 12.7. The van der Waals surface area contributed by atoms with Gasteiger partial charge in [-0.15, -0.1) is 17.8 Å². The summed E-state index contributed by atoms with van der Waals surface area (Å²) in [5.41, 5.74) is -0.531. The number of carbonyl (C=O) groups is 1. The summed E-state index contributed by atoms with van der Waals surface area (Å²) in [7, 11) is 0. The summed E-state index contributed by atoms with van der Waals surface area (Å²) in [6.07, 6.45) is 5.14. The number of aliphatic hydroxyl groups is 1. The zero-order chi connectivity index (χ0) is 16.7. The van der Waals surface area contributed by atoms with Gasteiger partial charge in [-0.05, 0) is 30.5 Å². The van der Waals surface area contributed by atoms with Gasteiger partial charge in [-0.2, -0.15) is 0 Å². The summed E-state index contributed by atoms with van der Waals surface area (Å²) < 4.78 is 5.29. The van der Waals surface area contributed by atoms with Gasteiger partial charge in [-0.3, -0.25) is 0 Å². The maximum atomic E-state index is 12.0. The Morgan fingerprint density at radius 1 is 1.43 bits per heavy atom. The summed E-state index contributed by atoms with van der Waals surface area (Å²) in [5.74, 6) is 2.95. The molecule has 0 saturated heterocycles. The van der Waals surface area contributed by atoms with Gasteiger partial charge in [-0.25, -0.2) is 4.79 Å². The van der Waals surface area contributed by atoms with Crippen molar-refractivity contribution in [3.8, 4) is 18.1 Å². The largest absolute Gasteiger partial charge is 0.481 e. The van der Waals surface area contributed by atoms with Crippen molar-refractivity contribution in [2.45, 2.75) is 12.5 Å². The molecule has 0 aliphatic heterocycles. The number of rotatable bonds is 6. The molecule has 1 aromatic heterocycles. The van der Waals surface area contributed by atoms with Crippen LogP contribution in [0.15, 0.2) is 41.8 Å². The minimum Gasteiger partial charge on any atom is -0.481 e. The highest BCUT2D eigenvalue weighted by Crippen LogP contribution is 2.24.